The molecule has 9 nitrogen and oxygen atoms in total. The summed E-state index contributed by atoms with van der Waals surface area (Å²) >= 11 is 1.01. The first-order valence-electron chi connectivity index (χ1n) is 12.1. The maximum Gasteiger partial charge on any atom is 0.339 e. The van der Waals surface area contributed by atoms with E-state index in [4.69, 9.17) is 0 Å². The largest absolute Gasteiger partial charge is 0.465 e. The first-order chi connectivity index (χ1) is 18.0. The second-order valence-electron chi connectivity index (χ2n) is 10.1. The summed E-state index contributed by atoms with van der Waals surface area (Å²) in [6.07, 6.45) is 1.26. The van der Waals surface area contributed by atoms with E-state index in [0.29, 0.717) is 16.9 Å². The summed E-state index contributed by atoms with van der Waals surface area (Å²) in [4.78, 5) is 27.3. The number of carbonyl (C=O) groups is 1. The smallest absolute Gasteiger partial charge is 0.339 e. The third kappa shape index (κ3) is 5.60. The number of pyridine rings is 1. The number of aromatic nitrogens is 4. The molecule has 0 N–H and O–H groups in total. The molecular formula is C28H29N5O4S. The van der Waals surface area contributed by atoms with E-state index in [1.165, 1.54) is 24.4 Å². The minimum atomic E-state index is -0.702. The van der Waals surface area contributed by atoms with Crippen molar-refractivity contribution in [2.75, 3.05) is 7.11 Å². The SMILES string of the molecule is COC(=O)c1cnc(Sc2nnc(-c3ccc(C(C)(C)C)cc3)n2-c2ccc(C(C)C)cc2)c([N+](=O)[O-])c1. The summed E-state index contributed by atoms with van der Waals surface area (Å²) in [6, 6.07) is 17.4. The van der Waals surface area contributed by atoms with Gasteiger partial charge >= 0.3 is 11.7 Å². The van der Waals surface area contributed by atoms with Gasteiger partial charge in [-0.2, -0.15) is 0 Å². The first kappa shape index (κ1) is 27.0. The van der Waals surface area contributed by atoms with Gasteiger partial charge in [0.15, 0.2) is 10.9 Å². The van der Waals surface area contributed by atoms with Crippen LogP contribution in [0.2, 0.25) is 0 Å². The van der Waals surface area contributed by atoms with Gasteiger partial charge < -0.3 is 4.74 Å². The molecule has 10 heteroatoms. The Morgan fingerprint density at radius 2 is 1.71 bits per heavy atom. The van der Waals surface area contributed by atoms with Crippen LogP contribution < -0.4 is 0 Å². The van der Waals surface area contributed by atoms with E-state index in [0.717, 1.165) is 29.1 Å². The molecule has 0 fully saturated rings. The third-order valence-corrected chi connectivity index (χ3v) is 7.05. The van der Waals surface area contributed by atoms with E-state index >= 15 is 0 Å². The fourth-order valence-corrected chi connectivity index (χ4v) is 4.73. The Hall–Kier alpha value is -4.05. The second kappa shape index (κ2) is 10.7. The number of esters is 1. The molecule has 0 bridgehead atoms. The van der Waals surface area contributed by atoms with Gasteiger partial charge in [0, 0.05) is 23.5 Å². The quantitative estimate of drug-likeness (QED) is 0.149. The van der Waals surface area contributed by atoms with Crippen LogP contribution in [0.25, 0.3) is 17.1 Å². The zero-order valence-corrected chi connectivity index (χ0v) is 22.9. The van der Waals surface area contributed by atoms with Gasteiger partial charge in [-0.25, -0.2) is 9.78 Å². The molecule has 0 aliphatic heterocycles. The standard InChI is InChI=1S/C28H29N5O4S/c1-17(2)18-9-13-22(14-10-18)32-24(19-7-11-21(12-8-19)28(3,4)5)30-31-27(32)38-25-23(33(35)36)15-20(16-29-25)26(34)37-6/h7-17H,1-6H3. The van der Waals surface area contributed by atoms with Crippen molar-refractivity contribution in [3.63, 3.8) is 0 Å². The van der Waals surface area contributed by atoms with Crippen LogP contribution in [-0.2, 0) is 10.2 Å². The lowest BCUT2D eigenvalue weighted by molar-refractivity contribution is -0.388. The molecule has 38 heavy (non-hydrogen) atoms. The van der Waals surface area contributed by atoms with Gasteiger partial charge in [-0.1, -0.05) is 71.0 Å². The summed E-state index contributed by atoms with van der Waals surface area (Å²) in [5.41, 5.74) is 3.71. The highest BCUT2D eigenvalue weighted by Crippen LogP contribution is 2.36. The van der Waals surface area contributed by atoms with E-state index in [2.05, 4.69) is 66.7 Å². The molecule has 196 valence electrons. The van der Waals surface area contributed by atoms with Crippen molar-refractivity contribution in [1.29, 1.82) is 0 Å². The van der Waals surface area contributed by atoms with Crippen LogP contribution in [-0.4, -0.2) is 37.8 Å². The van der Waals surface area contributed by atoms with E-state index in [-0.39, 0.29) is 21.7 Å². The number of carbonyl (C=O) groups excluding carboxylic acids is 1. The van der Waals surface area contributed by atoms with E-state index < -0.39 is 10.9 Å². The molecule has 4 rings (SSSR count). The number of hydrogen-bond donors (Lipinski definition) is 0. The number of nitrogens with zero attached hydrogens (tertiary/aromatic N) is 5. The van der Waals surface area contributed by atoms with Gasteiger partial charge in [0.25, 0.3) is 0 Å². The Morgan fingerprint density at radius 1 is 1.05 bits per heavy atom. The number of rotatable bonds is 7. The summed E-state index contributed by atoms with van der Waals surface area (Å²) in [6.45, 7) is 10.7. The molecule has 0 atom stereocenters. The predicted molar refractivity (Wildman–Crippen MR) is 146 cm³/mol. The highest BCUT2D eigenvalue weighted by molar-refractivity contribution is 7.99. The van der Waals surface area contributed by atoms with Crippen molar-refractivity contribution in [3.8, 4) is 17.1 Å². The number of benzene rings is 2. The number of ether oxygens (including phenoxy) is 1. The van der Waals surface area contributed by atoms with Crippen LogP contribution in [0, 0.1) is 10.1 Å². The van der Waals surface area contributed by atoms with Crippen LogP contribution in [0.4, 0.5) is 5.69 Å². The average Bonchev–Trinajstić information content (AvgIpc) is 3.31. The molecule has 2 aromatic heterocycles. The summed E-state index contributed by atoms with van der Waals surface area (Å²) < 4.78 is 6.54. The molecule has 2 heterocycles. The Balaban J connectivity index is 1.83. The van der Waals surface area contributed by atoms with Crippen LogP contribution >= 0.6 is 11.8 Å². The van der Waals surface area contributed by atoms with Crippen LogP contribution in [0.5, 0.6) is 0 Å². The van der Waals surface area contributed by atoms with Crippen molar-refractivity contribution in [1.82, 2.24) is 19.7 Å². The third-order valence-electron chi connectivity index (χ3n) is 6.10. The molecule has 0 aliphatic rings. The minimum Gasteiger partial charge on any atom is -0.465 e. The minimum absolute atomic E-state index is 0.000851. The number of hydrogen-bond acceptors (Lipinski definition) is 8. The topological polar surface area (TPSA) is 113 Å². The van der Waals surface area contributed by atoms with Crippen LogP contribution in [0.1, 0.15) is 62.0 Å². The molecule has 0 radical (unpaired) electrons. The molecule has 0 amide bonds. The molecule has 2 aromatic carbocycles. The van der Waals surface area contributed by atoms with E-state index in [9.17, 15) is 14.9 Å². The Bertz CT molecular complexity index is 1470. The Labute approximate surface area is 225 Å². The first-order valence-corrected chi connectivity index (χ1v) is 12.9. The van der Waals surface area contributed by atoms with Crippen molar-refractivity contribution >= 4 is 23.4 Å². The molecule has 0 unspecified atom stereocenters. The van der Waals surface area contributed by atoms with Crippen LogP contribution in [0.15, 0.2) is 71.0 Å². The average molecular weight is 532 g/mol. The lowest BCUT2D eigenvalue weighted by Gasteiger charge is -2.19. The highest BCUT2D eigenvalue weighted by Gasteiger charge is 2.25. The fourth-order valence-electron chi connectivity index (χ4n) is 3.85. The summed E-state index contributed by atoms with van der Waals surface area (Å²) in [7, 11) is 1.21. The Morgan fingerprint density at radius 3 is 2.26 bits per heavy atom. The van der Waals surface area contributed by atoms with E-state index in [1.54, 1.807) is 0 Å². The van der Waals surface area contributed by atoms with Gasteiger partial charge in [0.1, 0.15) is 0 Å². The van der Waals surface area contributed by atoms with Crippen LogP contribution in [0.3, 0.4) is 0 Å². The molecule has 0 spiro atoms. The summed E-state index contributed by atoms with van der Waals surface area (Å²) in [5.74, 6) is 0.258. The van der Waals surface area contributed by atoms with Gasteiger partial charge in [-0.3, -0.25) is 14.7 Å². The second-order valence-corrected chi connectivity index (χ2v) is 11.1. The molecule has 0 aliphatic carbocycles. The number of nitro groups is 1. The van der Waals surface area contributed by atoms with Gasteiger partial charge in [-0.15, -0.1) is 10.2 Å². The molecule has 0 saturated heterocycles. The normalized spacial score (nSPS) is 11.6. The maximum atomic E-state index is 11.9. The van der Waals surface area contributed by atoms with Crippen molar-refractivity contribution < 1.29 is 14.5 Å². The van der Waals surface area contributed by atoms with Gasteiger partial charge in [0.05, 0.1) is 17.6 Å². The van der Waals surface area contributed by atoms with Crippen molar-refractivity contribution in [2.24, 2.45) is 0 Å². The van der Waals surface area contributed by atoms with Crippen molar-refractivity contribution in [2.45, 2.75) is 56.1 Å². The summed E-state index contributed by atoms with van der Waals surface area (Å²) in [5, 5.41) is 21.2. The maximum absolute atomic E-state index is 11.9. The monoisotopic (exact) mass is 531 g/mol. The highest BCUT2D eigenvalue weighted by atomic mass is 32.2. The fraction of sp³-hybridized carbons (Fsp3) is 0.286. The van der Waals surface area contributed by atoms with Crippen molar-refractivity contribution in [3.05, 3.63) is 87.6 Å². The van der Waals surface area contributed by atoms with Gasteiger partial charge in [0.2, 0.25) is 5.16 Å². The lowest BCUT2D eigenvalue weighted by atomic mass is 9.87. The Kier molecular flexibility index (Phi) is 7.63. The van der Waals surface area contributed by atoms with Gasteiger partial charge in [-0.05, 0) is 46.4 Å². The zero-order chi connectivity index (χ0) is 27.6. The molecular weight excluding hydrogens is 502 g/mol. The zero-order valence-electron chi connectivity index (χ0n) is 22.1. The molecule has 0 saturated carbocycles. The lowest BCUT2D eigenvalue weighted by Crippen LogP contribution is -2.10. The number of methoxy groups -OCH3 is 1. The van der Waals surface area contributed by atoms with E-state index in [1.807, 2.05) is 41.0 Å². The molecule has 4 aromatic rings. The predicted octanol–water partition coefficient (Wildman–Crippen LogP) is 6.60.